The molecule has 0 amide bonds. The van der Waals surface area contributed by atoms with Crippen LogP contribution in [0.1, 0.15) is 5.82 Å². The number of nitrogens with zero attached hydrogens (tertiary/aromatic N) is 3. The smallest absolute Gasteiger partial charge is 0.300 e. The molecule has 0 fully saturated rings. The van der Waals surface area contributed by atoms with E-state index in [9.17, 15) is 21.6 Å². The molecular weight excluding hydrogens is 239 g/mol. The van der Waals surface area contributed by atoms with Gasteiger partial charge in [0.05, 0.1) is 5.75 Å². The summed E-state index contributed by atoms with van der Waals surface area (Å²) < 4.78 is 65.7. The topological polar surface area (TPSA) is 85.1 Å². The van der Waals surface area contributed by atoms with E-state index in [1.807, 2.05) is 6.33 Å². The zero-order valence-electron chi connectivity index (χ0n) is 7.06. The van der Waals surface area contributed by atoms with Gasteiger partial charge in [0.15, 0.2) is 0 Å². The van der Waals surface area contributed by atoms with Gasteiger partial charge < -0.3 is 0 Å². The molecule has 1 N–H and O–H groups in total. The van der Waals surface area contributed by atoms with E-state index in [2.05, 4.69) is 10.2 Å². The summed E-state index contributed by atoms with van der Waals surface area (Å²) in [6.07, 6.45) is -2.89. The maximum Gasteiger partial charge on any atom is 0.451 e. The first kappa shape index (κ1) is 11.9. The maximum absolute atomic E-state index is 12.1. The summed E-state index contributed by atoms with van der Waals surface area (Å²) in [5.41, 5.74) is 0. The molecule has 0 aromatic carbocycles. The monoisotopic (exact) mass is 244 g/mol. The molecule has 1 radical (unpaired) electrons. The van der Waals surface area contributed by atoms with Gasteiger partial charge in [0.2, 0.25) is 12.2 Å². The number of hydrogen-bond acceptors (Lipinski definition) is 4. The molecule has 0 aliphatic carbocycles. The van der Waals surface area contributed by atoms with Crippen LogP contribution in [0.3, 0.4) is 0 Å². The van der Waals surface area contributed by atoms with Crippen LogP contribution < -0.4 is 0 Å². The number of halogens is 3. The van der Waals surface area contributed by atoms with Gasteiger partial charge in [-0.05, 0) is 0 Å². The lowest BCUT2D eigenvalue weighted by molar-refractivity contribution is -0.147. The van der Waals surface area contributed by atoms with Crippen LogP contribution in [0, 0.1) is 6.33 Å². The lowest BCUT2D eigenvalue weighted by Crippen LogP contribution is -2.18. The second kappa shape index (κ2) is 3.77. The number of aryl methyl sites for hydroxylation is 1. The molecule has 1 aromatic heterocycles. The summed E-state index contributed by atoms with van der Waals surface area (Å²) in [7, 11) is -4.33. The van der Waals surface area contributed by atoms with E-state index in [1.165, 1.54) is 0 Å². The van der Waals surface area contributed by atoms with Crippen LogP contribution in [-0.4, -0.2) is 33.5 Å². The second-order valence-electron chi connectivity index (χ2n) is 2.56. The lowest BCUT2D eigenvalue weighted by atomic mass is 10.5. The van der Waals surface area contributed by atoms with Crippen molar-refractivity contribution in [2.45, 2.75) is 12.7 Å². The summed E-state index contributed by atoms with van der Waals surface area (Å²) >= 11 is 0. The molecule has 0 atom stereocenters. The van der Waals surface area contributed by atoms with Gasteiger partial charge in [0, 0.05) is 6.54 Å². The van der Waals surface area contributed by atoms with Gasteiger partial charge in [-0.3, -0.25) is 9.12 Å². The fourth-order valence-corrected chi connectivity index (χ4v) is 1.21. The molecule has 0 aliphatic heterocycles. The normalized spacial score (nSPS) is 13.1. The van der Waals surface area contributed by atoms with E-state index >= 15 is 0 Å². The molecule has 0 saturated heterocycles. The standard InChI is InChI=1S/C5H5F3N3O3S/c6-5(7,8)4-10-9-3-11(4)1-2-15(12,13)14/h1-2H2,(H,12,13,14). The van der Waals surface area contributed by atoms with Crippen LogP contribution in [0.2, 0.25) is 0 Å². The Labute approximate surface area is 82.5 Å². The highest BCUT2D eigenvalue weighted by Gasteiger charge is 2.37. The average molecular weight is 244 g/mol. The Bertz CT molecular complexity index is 438. The Morgan fingerprint density at radius 1 is 1.47 bits per heavy atom. The Morgan fingerprint density at radius 2 is 2.07 bits per heavy atom. The minimum absolute atomic E-state index is 0.383. The number of aromatic nitrogens is 3. The van der Waals surface area contributed by atoms with Gasteiger partial charge >= 0.3 is 6.18 Å². The Morgan fingerprint density at radius 3 is 2.53 bits per heavy atom. The molecule has 0 aliphatic rings. The van der Waals surface area contributed by atoms with Crippen molar-refractivity contribution in [3.05, 3.63) is 12.2 Å². The first-order valence-corrected chi connectivity index (χ1v) is 5.14. The van der Waals surface area contributed by atoms with E-state index < -0.39 is 34.4 Å². The van der Waals surface area contributed by atoms with Gasteiger partial charge in [-0.2, -0.15) is 21.6 Å². The van der Waals surface area contributed by atoms with Gasteiger partial charge in [-0.25, -0.2) is 0 Å². The summed E-state index contributed by atoms with van der Waals surface area (Å²) in [6.45, 7) is -0.610. The summed E-state index contributed by atoms with van der Waals surface area (Å²) in [5, 5.41) is 5.62. The number of hydrogen-bond donors (Lipinski definition) is 1. The first-order chi connectivity index (χ1) is 6.70. The van der Waals surface area contributed by atoms with Crippen molar-refractivity contribution in [1.82, 2.24) is 14.8 Å². The summed E-state index contributed by atoms with van der Waals surface area (Å²) in [4.78, 5) is 0. The second-order valence-corrected chi connectivity index (χ2v) is 4.13. The van der Waals surface area contributed by atoms with Crippen molar-refractivity contribution in [2.75, 3.05) is 5.75 Å². The first-order valence-electron chi connectivity index (χ1n) is 3.53. The van der Waals surface area contributed by atoms with Crippen molar-refractivity contribution in [3.63, 3.8) is 0 Å². The molecule has 85 valence electrons. The highest BCUT2D eigenvalue weighted by atomic mass is 32.2. The molecule has 1 rings (SSSR count). The van der Waals surface area contributed by atoms with E-state index in [4.69, 9.17) is 4.55 Å². The molecular formula is C5H5F3N3O3S. The summed E-state index contributed by atoms with van der Waals surface area (Å²) in [5.74, 6) is -2.21. The highest BCUT2D eigenvalue weighted by Crippen LogP contribution is 2.26. The SMILES string of the molecule is O=S(=O)(O)CCn1[c]nnc1C(F)(F)F. The van der Waals surface area contributed by atoms with Crippen molar-refractivity contribution in [2.24, 2.45) is 0 Å². The van der Waals surface area contributed by atoms with Crippen LogP contribution >= 0.6 is 0 Å². The summed E-state index contributed by atoms with van der Waals surface area (Å²) in [6, 6.07) is 0. The Balaban J connectivity index is 2.84. The molecule has 10 heteroatoms. The molecule has 0 saturated carbocycles. The van der Waals surface area contributed by atoms with E-state index in [-0.39, 0.29) is 0 Å². The van der Waals surface area contributed by atoms with Crippen LogP contribution in [0.4, 0.5) is 13.2 Å². The molecule has 6 nitrogen and oxygen atoms in total. The molecule has 15 heavy (non-hydrogen) atoms. The third-order valence-electron chi connectivity index (χ3n) is 1.39. The Kier molecular flexibility index (Phi) is 3.00. The van der Waals surface area contributed by atoms with Gasteiger partial charge in [0.25, 0.3) is 10.1 Å². The molecule has 0 unspecified atom stereocenters. The van der Waals surface area contributed by atoms with E-state index in [1.54, 1.807) is 0 Å². The largest absolute Gasteiger partial charge is 0.451 e. The number of alkyl halides is 3. The van der Waals surface area contributed by atoms with Crippen LogP contribution in [-0.2, 0) is 22.8 Å². The van der Waals surface area contributed by atoms with Gasteiger partial charge in [-0.15, -0.1) is 10.2 Å². The predicted octanol–water partition coefficient (Wildman–Crippen LogP) is -0.0151. The third-order valence-corrected chi connectivity index (χ3v) is 2.09. The minimum Gasteiger partial charge on any atom is -0.300 e. The minimum atomic E-state index is -4.73. The van der Waals surface area contributed by atoms with Crippen molar-refractivity contribution in [1.29, 1.82) is 0 Å². The van der Waals surface area contributed by atoms with Gasteiger partial charge in [0.1, 0.15) is 0 Å². The van der Waals surface area contributed by atoms with Crippen LogP contribution in [0.25, 0.3) is 0 Å². The fraction of sp³-hybridized carbons (Fsp3) is 0.600. The lowest BCUT2D eigenvalue weighted by Gasteiger charge is -2.06. The quantitative estimate of drug-likeness (QED) is 0.755. The van der Waals surface area contributed by atoms with Crippen LogP contribution in [0.5, 0.6) is 0 Å². The van der Waals surface area contributed by atoms with Crippen LogP contribution in [0.15, 0.2) is 0 Å². The Hall–Kier alpha value is -1.16. The average Bonchev–Trinajstić information content (AvgIpc) is 2.45. The van der Waals surface area contributed by atoms with Crippen molar-refractivity contribution in [3.8, 4) is 0 Å². The fourth-order valence-electron chi connectivity index (χ4n) is 0.797. The zero-order chi connectivity index (χ0) is 11.7. The van der Waals surface area contributed by atoms with Crippen molar-refractivity contribution >= 4 is 10.1 Å². The van der Waals surface area contributed by atoms with E-state index in [0.29, 0.717) is 4.57 Å². The predicted molar refractivity (Wildman–Crippen MR) is 40.3 cm³/mol. The maximum atomic E-state index is 12.1. The molecule has 0 bridgehead atoms. The molecule has 1 heterocycles. The third kappa shape index (κ3) is 3.47. The van der Waals surface area contributed by atoms with Gasteiger partial charge in [-0.1, -0.05) is 0 Å². The number of rotatable bonds is 3. The van der Waals surface area contributed by atoms with Crippen molar-refractivity contribution < 1.29 is 26.1 Å². The zero-order valence-corrected chi connectivity index (χ0v) is 7.88. The molecule has 0 spiro atoms. The van der Waals surface area contributed by atoms with E-state index in [0.717, 1.165) is 0 Å². The molecule has 1 aromatic rings. The highest BCUT2D eigenvalue weighted by molar-refractivity contribution is 7.85.